The van der Waals surface area contributed by atoms with Crippen LogP contribution < -0.4 is 10.9 Å². The minimum absolute atomic E-state index is 0.0249. The van der Waals surface area contributed by atoms with Gasteiger partial charge in [0.1, 0.15) is 6.54 Å². The molecule has 2 aromatic carbocycles. The summed E-state index contributed by atoms with van der Waals surface area (Å²) in [6, 6.07) is 17.6. The maximum Gasteiger partial charge on any atom is 0.275 e. The van der Waals surface area contributed by atoms with Crippen LogP contribution in [0.4, 0.5) is 0 Å². The Kier molecular flexibility index (Phi) is 4.20. The Morgan fingerprint density at radius 2 is 1.79 bits per heavy atom. The first-order valence-electron chi connectivity index (χ1n) is 9.77. The molecule has 1 amide bonds. The van der Waals surface area contributed by atoms with Crippen LogP contribution in [0.2, 0.25) is 0 Å². The van der Waals surface area contributed by atoms with Crippen LogP contribution in [-0.2, 0) is 11.3 Å². The summed E-state index contributed by atoms with van der Waals surface area (Å²) in [5.74, 6) is 0.491. The summed E-state index contributed by atoms with van der Waals surface area (Å²) in [6.07, 6.45) is 1.11. The average molecular weight is 374 g/mol. The highest BCUT2D eigenvalue weighted by Gasteiger charge is 2.37. The van der Waals surface area contributed by atoms with Gasteiger partial charge in [0.2, 0.25) is 5.91 Å². The summed E-state index contributed by atoms with van der Waals surface area (Å²) in [6.45, 7) is 2.49. The molecule has 0 saturated carbocycles. The molecule has 2 saturated heterocycles. The summed E-state index contributed by atoms with van der Waals surface area (Å²) in [4.78, 5) is 27.7. The van der Waals surface area contributed by atoms with Crippen LogP contribution in [0.1, 0.15) is 6.42 Å². The van der Waals surface area contributed by atoms with Gasteiger partial charge in [-0.25, -0.2) is 4.68 Å². The second kappa shape index (κ2) is 6.87. The van der Waals surface area contributed by atoms with E-state index in [1.54, 1.807) is 6.07 Å². The van der Waals surface area contributed by atoms with Crippen molar-refractivity contribution in [1.82, 2.24) is 20.0 Å². The normalized spacial score (nSPS) is 21.2. The number of hydrogen-bond acceptors (Lipinski definition) is 4. The summed E-state index contributed by atoms with van der Waals surface area (Å²) in [5.41, 5.74) is 1.43. The third-order valence-electron chi connectivity index (χ3n) is 5.92. The standard InChI is InChI=1S/C22H22N4O2/c27-20(25-12-16-10-11-23-19(16)13-25)14-26-22(28)18-9-5-4-8-17(18)21(24-26)15-6-2-1-3-7-15/h1-9,16,19,23H,10-14H2/t16-,19+/m1/s1. The number of nitrogens with zero attached hydrogens (tertiary/aromatic N) is 3. The smallest absolute Gasteiger partial charge is 0.275 e. The number of fused-ring (bicyclic) bond motifs is 2. The monoisotopic (exact) mass is 374 g/mol. The molecule has 5 rings (SSSR count). The number of benzene rings is 2. The van der Waals surface area contributed by atoms with Gasteiger partial charge in [-0.3, -0.25) is 9.59 Å². The maximum absolute atomic E-state index is 13.0. The average Bonchev–Trinajstić information content (AvgIpc) is 3.33. The molecule has 0 spiro atoms. The van der Waals surface area contributed by atoms with Crippen molar-refractivity contribution >= 4 is 16.7 Å². The van der Waals surface area contributed by atoms with Gasteiger partial charge in [0.05, 0.1) is 11.1 Å². The predicted octanol–water partition coefficient (Wildman–Crippen LogP) is 1.88. The van der Waals surface area contributed by atoms with Crippen LogP contribution >= 0.6 is 0 Å². The summed E-state index contributed by atoms with van der Waals surface area (Å²) in [5, 5.41) is 9.45. The number of likely N-dealkylation sites (tertiary alicyclic amines) is 1. The second-order valence-electron chi connectivity index (χ2n) is 7.63. The van der Waals surface area contributed by atoms with E-state index < -0.39 is 0 Å². The molecule has 2 atom stereocenters. The zero-order valence-corrected chi connectivity index (χ0v) is 15.5. The first kappa shape index (κ1) is 17.1. The van der Waals surface area contributed by atoms with Gasteiger partial charge in [0.25, 0.3) is 5.56 Å². The van der Waals surface area contributed by atoms with E-state index >= 15 is 0 Å². The highest BCUT2D eigenvalue weighted by molar-refractivity contribution is 5.93. The summed E-state index contributed by atoms with van der Waals surface area (Å²) >= 11 is 0. The Morgan fingerprint density at radius 3 is 2.57 bits per heavy atom. The maximum atomic E-state index is 13.0. The number of amides is 1. The molecule has 6 nitrogen and oxygen atoms in total. The lowest BCUT2D eigenvalue weighted by atomic mass is 10.1. The minimum atomic E-state index is -0.221. The molecule has 2 aliphatic heterocycles. The zero-order chi connectivity index (χ0) is 19.1. The number of rotatable bonds is 3. The molecular formula is C22H22N4O2. The molecule has 2 aliphatic rings. The molecule has 3 aromatic rings. The first-order valence-corrected chi connectivity index (χ1v) is 9.77. The van der Waals surface area contributed by atoms with Gasteiger partial charge in [0.15, 0.2) is 0 Å². The van der Waals surface area contributed by atoms with Crippen LogP contribution in [0.25, 0.3) is 22.0 Å². The summed E-state index contributed by atoms with van der Waals surface area (Å²) in [7, 11) is 0. The van der Waals surface area contributed by atoms with Gasteiger partial charge >= 0.3 is 0 Å². The predicted molar refractivity (Wildman–Crippen MR) is 108 cm³/mol. The van der Waals surface area contributed by atoms with Crippen molar-refractivity contribution in [3.05, 3.63) is 65.0 Å². The Balaban J connectivity index is 1.52. The molecule has 3 heterocycles. The minimum Gasteiger partial charge on any atom is -0.339 e. The van der Waals surface area contributed by atoms with Crippen LogP contribution in [-0.4, -0.2) is 46.3 Å². The van der Waals surface area contributed by atoms with Gasteiger partial charge < -0.3 is 10.2 Å². The molecule has 28 heavy (non-hydrogen) atoms. The van der Waals surface area contributed by atoms with E-state index in [9.17, 15) is 9.59 Å². The molecular weight excluding hydrogens is 352 g/mol. The fraction of sp³-hybridized carbons (Fsp3) is 0.318. The number of aromatic nitrogens is 2. The fourth-order valence-corrected chi connectivity index (χ4v) is 4.43. The Morgan fingerprint density at radius 1 is 1.04 bits per heavy atom. The molecule has 1 N–H and O–H groups in total. The lowest BCUT2D eigenvalue weighted by Gasteiger charge is -2.18. The van der Waals surface area contributed by atoms with Crippen molar-refractivity contribution in [2.24, 2.45) is 5.92 Å². The first-order chi connectivity index (χ1) is 13.7. The van der Waals surface area contributed by atoms with Crippen molar-refractivity contribution in [2.75, 3.05) is 19.6 Å². The van der Waals surface area contributed by atoms with Crippen molar-refractivity contribution in [3.8, 4) is 11.3 Å². The molecule has 2 fully saturated rings. The van der Waals surface area contributed by atoms with Gasteiger partial charge in [-0.2, -0.15) is 5.10 Å². The topological polar surface area (TPSA) is 67.2 Å². The van der Waals surface area contributed by atoms with Crippen molar-refractivity contribution < 1.29 is 4.79 Å². The van der Waals surface area contributed by atoms with E-state index in [0.717, 1.165) is 42.7 Å². The number of hydrogen-bond donors (Lipinski definition) is 1. The van der Waals surface area contributed by atoms with E-state index in [4.69, 9.17) is 0 Å². The Labute approximate surface area is 162 Å². The molecule has 0 radical (unpaired) electrons. The number of carbonyl (C=O) groups is 1. The molecule has 0 bridgehead atoms. The van der Waals surface area contributed by atoms with Crippen LogP contribution in [0.5, 0.6) is 0 Å². The van der Waals surface area contributed by atoms with Gasteiger partial charge in [-0.05, 0) is 24.9 Å². The van der Waals surface area contributed by atoms with E-state index in [-0.39, 0.29) is 18.0 Å². The molecule has 6 heteroatoms. The van der Waals surface area contributed by atoms with Crippen LogP contribution in [0, 0.1) is 5.92 Å². The molecule has 0 aliphatic carbocycles. The highest BCUT2D eigenvalue weighted by Crippen LogP contribution is 2.26. The van der Waals surface area contributed by atoms with Crippen molar-refractivity contribution in [3.63, 3.8) is 0 Å². The van der Waals surface area contributed by atoms with Gasteiger partial charge in [-0.1, -0.05) is 48.5 Å². The second-order valence-corrected chi connectivity index (χ2v) is 7.63. The van der Waals surface area contributed by atoms with E-state index in [2.05, 4.69) is 10.4 Å². The highest BCUT2D eigenvalue weighted by atomic mass is 16.2. The van der Waals surface area contributed by atoms with Crippen molar-refractivity contribution in [2.45, 2.75) is 19.0 Å². The lowest BCUT2D eigenvalue weighted by Crippen LogP contribution is -2.38. The molecule has 1 aromatic heterocycles. The Hall–Kier alpha value is -2.99. The lowest BCUT2D eigenvalue weighted by molar-refractivity contribution is -0.131. The summed E-state index contributed by atoms with van der Waals surface area (Å²) < 4.78 is 1.33. The van der Waals surface area contributed by atoms with Crippen molar-refractivity contribution in [1.29, 1.82) is 0 Å². The third kappa shape index (κ3) is 2.90. The SMILES string of the molecule is O=C(Cn1nc(-c2ccccc2)c2ccccc2c1=O)N1C[C@H]2CCN[C@H]2C1. The van der Waals surface area contributed by atoms with Gasteiger partial charge in [-0.15, -0.1) is 0 Å². The van der Waals surface area contributed by atoms with Crippen LogP contribution in [0.3, 0.4) is 0 Å². The third-order valence-corrected chi connectivity index (χ3v) is 5.92. The Bertz CT molecular complexity index is 1080. The number of carbonyl (C=O) groups excluding carboxylic acids is 1. The van der Waals surface area contributed by atoms with Gasteiger partial charge in [0, 0.05) is 30.1 Å². The molecule has 0 unspecified atom stereocenters. The van der Waals surface area contributed by atoms with E-state index in [1.807, 2.05) is 53.4 Å². The molecule has 142 valence electrons. The quantitative estimate of drug-likeness (QED) is 0.760. The number of nitrogens with one attached hydrogen (secondary N) is 1. The van der Waals surface area contributed by atoms with E-state index in [1.165, 1.54) is 4.68 Å². The fourth-order valence-electron chi connectivity index (χ4n) is 4.43. The largest absolute Gasteiger partial charge is 0.339 e. The van der Waals surface area contributed by atoms with Crippen LogP contribution in [0.15, 0.2) is 59.4 Å². The van der Waals surface area contributed by atoms with E-state index in [0.29, 0.717) is 17.3 Å². The zero-order valence-electron chi connectivity index (χ0n) is 15.5.